The summed E-state index contributed by atoms with van der Waals surface area (Å²) in [4.78, 5) is 5.12. The maximum absolute atomic E-state index is 5.84. The van der Waals surface area contributed by atoms with Gasteiger partial charge in [0.25, 0.3) is 0 Å². The Morgan fingerprint density at radius 3 is 2.64 bits per heavy atom. The quantitative estimate of drug-likeness (QED) is 0.709. The molecule has 3 heterocycles. The number of hydrogen-bond donors (Lipinski definition) is 0. The highest BCUT2D eigenvalue weighted by Gasteiger charge is 2.41. The standard InChI is InChI=1S/C20H30N2O3/c1-5-10-21-14-18-19(24-3)9-7-16(21)13-22(18)12-15-6-8-17(23-2)11-20(15)25-4/h5-6,8,11,16,18-19H,1,7,9-10,12-14H2,2-4H3/t16-,18+,19-/m1/s1. The third-order valence-electron chi connectivity index (χ3n) is 5.60. The van der Waals surface area contributed by atoms with Crippen molar-refractivity contribution in [3.05, 3.63) is 36.4 Å². The summed E-state index contributed by atoms with van der Waals surface area (Å²) in [5.74, 6) is 1.71. The molecule has 4 rings (SSSR count). The molecule has 3 fully saturated rings. The van der Waals surface area contributed by atoms with Crippen LogP contribution in [0.2, 0.25) is 0 Å². The van der Waals surface area contributed by atoms with E-state index in [1.165, 1.54) is 12.0 Å². The molecule has 1 aromatic carbocycles. The van der Waals surface area contributed by atoms with Gasteiger partial charge < -0.3 is 14.2 Å². The first kappa shape index (κ1) is 18.2. The zero-order chi connectivity index (χ0) is 17.8. The van der Waals surface area contributed by atoms with Gasteiger partial charge in [-0.3, -0.25) is 9.80 Å². The van der Waals surface area contributed by atoms with Crippen LogP contribution in [-0.4, -0.2) is 69.0 Å². The van der Waals surface area contributed by atoms with Crippen LogP contribution >= 0.6 is 0 Å². The van der Waals surface area contributed by atoms with Gasteiger partial charge in [0.2, 0.25) is 0 Å². The monoisotopic (exact) mass is 346 g/mol. The average Bonchev–Trinajstić information content (AvgIpc) is 2.91. The molecule has 138 valence electrons. The van der Waals surface area contributed by atoms with Crippen LogP contribution in [0.3, 0.4) is 0 Å². The second-order valence-corrected chi connectivity index (χ2v) is 6.92. The van der Waals surface area contributed by atoms with Crippen LogP contribution in [0.5, 0.6) is 11.5 Å². The Kier molecular flexibility index (Phi) is 5.99. The topological polar surface area (TPSA) is 34.2 Å². The summed E-state index contributed by atoms with van der Waals surface area (Å²) in [6.07, 6.45) is 4.60. The Labute approximate surface area is 151 Å². The Balaban J connectivity index is 1.81. The maximum Gasteiger partial charge on any atom is 0.127 e. The molecule has 0 saturated carbocycles. The largest absolute Gasteiger partial charge is 0.497 e. The van der Waals surface area contributed by atoms with E-state index in [0.717, 1.165) is 44.1 Å². The number of ether oxygens (including phenoxy) is 3. The lowest BCUT2D eigenvalue weighted by molar-refractivity contribution is -0.0224. The second-order valence-electron chi connectivity index (χ2n) is 6.92. The molecule has 3 saturated heterocycles. The number of nitrogens with zero attached hydrogens (tertiary/aromatic N) is 2. The van der Waals surface area contributed by atoms with Crippen molar-refractivity contribution in [2.24, 2.45) is 0 Å². The van der Waals surface area contributed by atoms with Crippen LogP contribution < -0.4 is 9.47 Å². The second kappa shape index (κ2) is 8.21. The highest BCUT2D eigenvalue weighted by atomic mass is 16.5. The summed E-state index contributed by atoms with van der Waals surface area (Å²) in [7, 11) is 5.24. The Morgan fingerprint density at radius 2 is 1.96 bits per heavy atom. The van der Waals surface area contributed by atoms with Crippen LogP contribution in [0.15, 0.2) is 30.9 Å². The zero-order valence-corrected chi connectivity index (χ0v) is 15.6. The van der Waals surface area contributed by atoms with E-state index in [1.54, 1.807) is 14.2 Å². The molecule has 0 radical (unpaired) electrons. The lowest BCUT2D eigenvalue weighted by Gasteiger charge is -2.45. The van der Waals surface area contributed by atoms with Crippen molar-refractivity contribution in [2.75, 3.05) is 41.0 Å². The van der Waals surface area contributed by atoms with Crippen molar-refractivity contribution in [3.8, 4) is 11.5 Å². The minimum absolute atomic E-state index is 0.282. The summed E-state index contributed by atoms with van der Waals surface area (Å²) in [6, 6.07) is 7.04. The summed E-state index contributed by atoms with van der Waals surface area (Å²) in [5.41, 5.74) is 1.20. The van der Waals surface area contributed by atoms with Gasteiger partial charge >= 0.3 is 0 Å². The molecule has 0 N–H and O–H groups in total. The van der Waals surface area contributed by atoms with Gasteiger partial charge in [-0.1, -0.05) is 12.1 Å². The van der Waals surface area contributed by atoms with E-state index < -0.39 is 0 Å². The number of piperazine rings is 1. The fourth-order valence-electron chi connectivity index (χ4n) is 4.25. The van der Waals surface area contributed by atoms with Gasteiger partial charge in [0.1, 0.15) is 11.5 Å². The molecule has 0 aromatic heterocycles. The first-order valence-corrected chi connectivity index (χ1v) is 9.02. The number of hydrogen-bond acceptors (Lipinski definition) is 5. The molecule has 5 nitrogen and oxygen atoms in total. The maximum atomic E-state index is 5.84. The van der Waals surface area contributed by atoms with E-state index in [1.807, 2.05) is 25.3 Å². The molecule has 0 aliphatic carbocycles. The van der Waals surface area contributed by atoms with Crippen molar-refractivity contribution >= 4 is 0 Å². The molecule has 2 bridgehead atoms. The highest BCUT2D eigenvalue weighted by Crippen LogP contribution is 2.33. The molecule has 3 aliphatic rings. The van der Waals surface area contributed by atoms with Crippen LogP contribution in [-0.2, 0) is 11.3 Å². The molecule has 3 aliphatic heterocycles. The minimum atomic E-state index is 0.282. The number of rotatable bonds is 7. The fourth-order valence-corrected chi connectivity index (χ4v) is 4.25. The molecular formula is C20H30N2O3. The van der Waals surface area contributed by atoms with E-state index in [-0.39, 0.29) is 6.10 Å². The minimum Gasteiger partial charge on any atom is -0.497 e. The lowest BCUT2D eigenvalue weighted by atomic mass is 10.0. The van der Waals surface area contributed by atoms with Gasteiger partial charge in [0.15, 0.2) is 0 Å². The number of fused-ring (bicyclic) bond motifs is 4. The molecule has 0 spiro atoms. The predicted molar refractivity (Wildman–Crippen MR) is 99.3 cm³/mol. The molecule has 1 aromatic rings. The summed E-state index contributed by atoms with van der Waals surface area (Å²) < 4.78 is 16.8. The SMILES string of the molecule is C=CCN1C[C@H]2[C@H](OC)CC[C@@H]1CN2Cc1ccc(OC)cc1OC. The van der Waals surface area contributed by atoms with Gasteiger partial charge in [-0.25, -0.2) is 0 Å². The third kappa shape index (κ3) is 3.84. The number of methoxy groups -OCH3 is 3. The number of benzene rings is 1. The van der Waals surface area contributed by atoms with E-state index in [9.17, 15) is 0 Å². The van der Waals surface area contributed by atoms with Crippen molar-refractivity contribution in [3.63, 3.8) is 0 Å². The zero-order valence-electron chi connectivity index (χ0n) is 15.6. The molecule has 0 unspecified atom stereocenters. The van der Waals surface area contributed by atoms with E-state index in [0.29, 0.717) is 12.1 Å². The van der Waals surface area contributed by atoms with Crippen molar-refractivity contribution < 1.29 is 14.2 Å². The Morgan fingerprint density at radius 1 is 1.12 bits per heavy atom. The van der Waals surface area contributed by atoms with Gasteiger partial charge in [-0.2, -0.15) is 0 Å². The highest BCUT2D eigenvalue weighted by molar-refractivity contribution is 5.40. The van der Waals surface area contributed by atoms with Gasteiger partial charge in [-0.15, -0.1) is 6.58 Å². The first-order chi connectivity index (χ1) is 12.2. The van der Waals surface area contributed by atoms with Gasteiger partial charge in [0, 0.05) is 57.0 Å². The molecule has 5 heteroatoms. The Bertz CT molecular complexity index is 592. The predicted octanol–water partition coefficient (Wildman–Crippen LogP) is 2.55. The average molecular weight is 346 g/mol. The van der Waals surface area contributed by atoms with Gasteiger partial charge in [-0.05, 0) is 18.9 Å². The van der Waals surface area contributed by atoms with Crippen LogP contribution in [0.4, 0.5) is 0 Å². The molecule has 25 heavy (non-hydrogen) atoms. The normalized spacial score (nSPS) is 27.1. The lowest BCUT2D eigenvalue weighted by Crippen LogP contribution is -2.58. The van der Waals surface area contributed by atoms with E-state index >= 15 is 0 Å². The summed E-state index contributed by atoms with van der Waals surface area (Å²) in [6.45, 7) is 7.84. The van der Waals surface area contributed by atoms with Crippen LogP contribution in [0, 0.1) is 0 Å². The smallest absolute Gasteiger partial charge is 0.127 e. The van der Waals surface area contributed by atoms with Crippen molar-refractivity contribution in [2.45, 2.75) is 37.6 Å². The van der Waals surface area contributed by atoms with E-state index in [2.05, 4.69) is 22.4 Å². The van der Waals surface area contributed by atoms with Crippen LogP contribution in [0.1, 0.15) is 18.4 Å². The van der Waals surface area contributed by atoms with Crippen molar-refractivity contribution in [1.29, 1.82) is 0 Å². The molecule has 3 atom stereocenters. The van der Waals surface area contributed by atoms with Crippen LogP contribution in [0.25, 0.3) is 0 Å². The Hall–Kier alpha value is -1.56. The first-order valence-electron chi connectivity index (χ1n) is 9.02. The fraction of sp³-hybridized carbons (Fsp3) is 0.600. The summed E-state index contributed by atoms with van der Waals surface area (Å²) >= 11 is 0. The van der Waals surface area contributed by atoms with E-state index in [4.69, 9.17) is 14.2 Å². The molecule has 0 amide bonds. The summed E-state index contributed by atoms with van der Waals surface area (Å²) in [5, 5.41) is 0. The van der Waals surface area contributed by atoms with Gasteiger partial charge in [0.05, 0.1) is 20.3 Å². The van der Waals surface area contributed by atoms with Crippen molar-refractivity contribution in [1.82, 2.24) is 9.80 Å². The third-order valence-corrected chi connectivity index (χ3v) is 5.60. The molecular weight excluding hydrogens is 316 g/mol.